The van der Waals surface area contributed by atoms with Gasteiger partial charge in [0.2, 0.25) is 0 Å². The van der Waals surface area contributed by atoms with Crippen molar-refractivity contribution in [2.45, 2.75) is 106 Å². The molecular formula is C22H34F6O8Ti. The van der Waals surface area contributed by atoms with E-state index >= 15 is 0 Å². The van der Waals surface area contributed by atoms with Crippen molar-refractivity contribution < 1.29 is 82.3 Å². The van der Waals surface area contributed by atoms with Gasteiger partial charge in [-0.25, -0.2) is 0 Å². The maximum absolute atomic E-state index is 12.2. The minimum atomic E-state index is -5.10. The van der Waals surface area contributed by atoms with Gasteiger partial charge in [0.15, 0.2) is 22.4 Å². The van der Waals surface area contributed by atoms with E-state index in [4.69, 9.17) is 6.64 Å². The topological polar surface area (TPSA) is 133 Å². The van der Waals surface area contributed by atoms with Crippen LogP contribution in [0.5, 0.6) is 0 Å². The van der Waals surface area contributed by atoms with E-state index in [-0.39, 0.29) is 11.2 Å². The van der Waals surface area contributed by atoms with Crippen LogP contribution in [-0.2, 0) is 45.7 Å². The van der Waals surface area contributed by atoms with Crippen LogP contribution in [0.15, 0.2) is 0 Å². The molecule has 216 valence electrons. The van der Waals surface area contributed by atoms with Crippen LogP contribution in [0.2, 0.25) is 0 Å². The first-order valence-corrected chi connectivity index (χ1v) is 12.1. The summed E-state index contributed by atoms with van der Waals surface area (Å²) < 4.78 is 84.4. The molecule has 0 saturated carbocycles. The largest absolute Gasteiger partial charge is 0.549 e. The summed E-state index contributed by atoms with van der Waals surface area (Å²) in [5.41, 5.74) is -6.81. The summed E-state index contributed by atoms with van der Waals surface area (Å²) in [6.45, 7) is 15.4. The number of alkyl halides is 6. The smallest absolute Gasteiger partial charge is 0.406 e. The van der Waals surface area contributed by atoms with Gasteiger partial charge in [-0.05, 0) is 26.7 Å². The number of halogens is 6. The van der Waals surface area contributed by atoms with E-state index in [1.807, 2.05) is 41.5 Å². The van der Waals surface area contributed by atoms with Crippen molar-refractivity contribution in [3.05, 3.63) is 0 Å². The maximum atomic E-state index is 12.2. The fraction of sp³-hybridized carbons (Fsp3) is 0.818. The predicted molar refractivity (Wildman–Crippen MR) is 111 cm³/mol. The second-order valence-corrected chi connectivity index (χ2v) is 10.6. The minimum Gasteiger partial charge on any atom is -0.549 e. The average molecular weight is 588 g/mol. The molecule has 37 heavy (non-hydrogen) atoms. The number of hydrogen-bond donors (Lipinski definition) is 0. The number of carboxylic acid groups (broad SMARTS) is 2. The van der Waals surface area contributed by atoms with Gasteiger partial charge in [-0.2, -0.15) is 26.3 Å². The summed E-state index contributed by atoms with van der Waals surface area (Å²) in [6.07, 6.45) is -11.9. The van der Waals surface area contributed by atoms with E-state index in [0.29, 0.717) is 13.8 Å². The number of rotatable bonds is 8. The summed E-state index contributed by atoms with van der Waals surface area (Å²) in [6, 6.07) is 0. The average Bonchev–Trinajstić information content (AvgIpc) is 2.58. The number of Topliss-reactive ketones (excluding diaryl/α,β-unsaturated/α-hetero) is 2. The molecule has 2 unspecified atom stereocenters. The molecule has 0 aromatic heterocycles. The summed E-state index contributed by atoms with van der Waals surface area (Å²) in [5.74, 6) is -7.70. The van der Waals surface area contributed by atoms with E-state index in [9.17, 15) is 55.7 Å². The zero-order valence-electron chi connectivity index (χ0n) is 22.4. The van der Waals surface area contributed by atoms with Crippen molar-refractivity contribution in [3.63, 3.8) is 0 Å². The molecular weight excluding hydrogens is 554 g/mol. The van der Waals surface area contributed by atoms with E-state index in [1.165, 1.54) is 0 Å². The quantitative estimate of drug-likeness (QED) is 0.240. The Kier molecular flexibility index (Phi) is 15.8. The Bertz CT molecular complexity index is 688. The van der Waals surface area contributed by atoms with Crippen molar-refractivity contribution in [1.29, 1.82) is 0 Å². The molecule has 0 heterocycles. The normalized spacial score (nSPS) is 15.4. The SMILES string of the molecule is CC(C)(C)[O][Ti+2][O]C(C)(C)C.CCC(C(C)=O)(C(=O)[O-])C(F)(F)F.CCC(C(C)=O)(C(=O)[O-])C(F)(F)F. The Morgan fingerprint density at radius 3 is 0.892 bits per heavy atom. The van der Waals surface area contributed by atoms with Crippen LogP contribution in [0.3, 0.4) is 0 Å². The van der Waals surface area contributed by atoms with E-state index in [0.717, 1.165) is 13.8 Å². The first kappa shape index (κ1) is 40.0. The number of carboxylic acids is 2. The zero-order valence-corrected chi connectivity index (χ0v) is 24.0. The first-order chi connectivity index (χ1) is 16.1. The fourth-order valence-electron chi connectivity index (χ4n) is 2.38. The Balaban J connectivity index is -0.000000471. The summed E-state index contributed by atoms with van der Waals surface area (Å²) in [7, 11) is 0. The van der Waals surface area contributed by atoms with E-state index in [1.54, 1.807) is 0 Å². The number of aliphatic carboxylic acids is 2. The van der Waals surface area contributed by atoms with Crippen LogP contribution < -0.4 is 10.2 Å². The van der Waals surface area contributed by atoms with Gasteiger partial charge in [-0.15, -0.1) is 0 Å². The summed E-state index contributed by atoms with van der Waals surface area (Å²) >= 11 is -0.681. The molecule has 15 heteroatoms. The number of carbonyl (C=O) groups excluding carboxylic acids is 4. The Morgan fingerprint density at radius 2 is 0.838 bits per heavy atom. The molecule has 0 aromatic rings. The molecule has 0 rings (SSSR count). The number of carbonyl (C=O) groups is 4. The van der Waals surface area contributed by atoms with Crippen LogP contribution in [0.25, 0.3) is 0 Å². The van der Waals surface area contributed by atoms with Gasteiger partial charge in [-0.1, -0.05) is 13.8 Å². The zero-order chi connectivity index (χ0) is 30.8. The Hall–Kier alpha value is -1.51. The first-order valence-electron chi connectivity index (χ1n) is 10.8. The molecule has 0 radical (unpaired) electrons. The minimum absolute atomic E-state index is 0.0503. The van der Waals surface area contributed by atoms with Crippen LogP contribution in [0, 0.1) is 10.8 Å². The van der Waals surface area contributed by atoms with Crippen molar-refractivity contribution in [2.24, 2.45) is 10.8 Å². The summed E-state index contributed by atoms with van der Waals surface area (Å²) in [5, 5.41) is 20.6. The van der Waals surface area contributed by atoms with Gasteiger partial charge in [0.25, 0.3) is 0 Å². The maximum Gasteiger partial charge on any atom is 0.406 e. The molecule has 0 aliphatic heterocycles. The molecule has 8 nitrogen and oxygen atoms in total. The standard InChI is InChI=1S/2C7H9F3O3.2C4H9O.Ti/c2*1-3-6(4(2)11,5(12)13)7(8,9)10;2*1-4(2,3)5;/h2*3H2,1-2H3,(H,12,13);2*1-3H3;/q;;2*-1;+4/p-2. The third kappa shape index (κ3) is 12.3. The van der Waals surface area contributed by atoms with Crippen molar-refractivity contribution in [1.82, 2.24) is 0 Å². The van der Waals surface area contributed by atoms with Crippen LogP contribution in [-0.4, -0.2) is 47.1 Å². The van der Waals surface area contributed by atoms with Crippen LogP contribution in [0.1, 0.15) is 82.1 Å². The molecule has 0 saturated heterocycles. The van der Waals surface area contributed by atoms with Gasteiger partial charge >= 0.3 is 91.7 Å². The third-order valence-electron chi connectivity index (χ3n) is 4.62. The van der Waals surface area contributed by atoms with Gasteiger partial charge in [0.1, 0.15) is 0 Å². The van der Waals surface area contributed by atoms with Gasteiger partial charge < -0.3 is 19.8 Å². The second kappa shape index (κ2) is 14.6. The van der Waals surface area contributed by atoms with Crippen LogP contribution in [0.4, 0.5) is 26.3 Å². The van der Waals surface area contributed by atoms with Gasteiger partial charge in [0, 0.05) is 0 Å². The fourth-order valence-corrected chi connectivity index (χ4v) is 3.22. The number of ketones is 2. The monoisotopic (exact) mass is 588 g/mol. The van der Waals surface area contributed by atoms with Crippen molar-refractivity contribution >= 4 is 23.5 Å². The van der Waals surface area contributed by atoms with Gasteiger partial charge in [-0.3, -0.25) is 9.59 Å². The Morgan fingerprint density at radius 1 is 0.622 bits per heavy atom. The van der Waals surface area contributed by atoms with Crippen LogP contribution >= 0.6 is 0 Å². The van der Waals surface area contributed by atoms with E-state index < -0.39 is 79.5 Å². The summed E-state index contributed by atoms with van der Waals surface area (Å²) in [4.78, 5) is 41.9. The molecule has 0 aliphatic carbocycles. The molecule has 0 bridgehead atoms. The molecule has 0 aliphatic rings. The molecule has 0 spiro atoms. The molecule has 0 N–H and O–H groups in total. The second-order valence-electron chi connectivity index (χ2n) is 9.71. The molecule has 0 amide bonds. The molecule has 0 fully saturated rings. The van der Waals surface area contributed by atoms with Crippen molar-refractivity contribution in [3.8, 4) is 0 Å². The molecule has 2 atom stereocenters. The molecule has 0 aromatic carbocycles. The van der Waals surface area contributed by atoms with Crippen molar-refractivity contribution in [2.75, 3.05) is 0 Å². The number of hydrogen-bond acceptors (Lipinski definition) is 8. The predicted octanol–water partition coefficient (Wildman–Crippen LogP) is 3.10. The van der Waals surface area contributed by atoms with E-state index in [2.05, 4.69) is 0 Å². The van der Waals surface area contributed by atoms with Gasteiger partial charge in [0.05, 0.1) is 11.9 Å². The Labute approximate surface area is 222 Å². The third-order valence-corrected chi connectivity index (χ3v) is 6.80.